The molecule has 0 aliphatic rings. The summed E-state index contributed by atoms with van der Waals surface area (Å²) in [7, 11) is 0. The Bertz CT molecular complexity index is 708. The summed E-state index contributed by atoms with van der Waals surface area (Å²) in [5, 5.41) is 5.55. The molecule has 4 nitrogen and oxygen atoms in total. The maximum atomic E-state index is 12.2. The van der Waals surface area contributed by atoms with Crippen LogP contribution < -0.4 is 10.6 Å². The number of amides is 2. The first-order chi connectivity index (χ1) is 10.4. The Labute approximate surface area is 130 Å². The highest BCUT2D eigenvalue weighted by Gasteiger charge is 2.07. The van der Waals surface area contributed by atoms with Crippen LogP contribution >= 0.6 is 0 Å². The summed E-state index contributed by atoms with van der Waals surface area (Å²) in [4.78, 5) is 23.2. The molecule has 0 unspecified atom stereocenters. The number of anilines is 2. The van der Waals surface area contributed by atoms with E-state index in [0.717, 1.165) is 11.1 Å². The number of nitrogens with one attached hydrogen (secondary N) is 2. The summed E-state index contributed by atoms with van der Waals surface area (Å²) in [6.07, 6.45) is 0.330. The van der Waals surface area contributed by atoms with Crippen molar-refractivity contribution in [1.29, 1.82) is 0 Å². The van der Waals surface area contributed by atoms with E-state index >= 15 is 0 Å². The Kier molecular flexibility index (Phi) is 4.94. The molecule has 2 N–H and O–H groups in total. The predicted molar refractivity (Wildman–Crippen MR) is 89.0 cm³/mol. The molecule has 0 saturated carbocycles. The van der Waals surface area contributed by atoms with E-state index in [2.05, 4.69) is 16.7 Å². The van der Waals surface area contributed by atoms with Gasteiger partial charge in [0.05, 0.1) is 6.42 Å². The van der Waals surface area contributed by atoms with Crippen molar-refractivity contribution in [3.8, 4) is 0 Å². The number of benzene rings is 2. The van der Waals surface area contributed by atoms with Crippen molar-refractivity contribution in [3.05, 3.63) is 59.2 Å². The van der Waals surface area contributed by atoms with Gasteiger partial charge in [-0.15, -0.1) is 0 Å². The lowest BCUT2D eigenvalue weighted by Gasteiger charge is -2.09. The van der Waals surface area contributed by atoms with Gasteiger partial charge in [0.15, 0.2) is 0 Å². The fourth-order valence-corrected chi connectivity index (χ4v) is 2.30. The maximum Gasteiger partial charge on any atom is 0.228 e. The van der Waals surface area contributed by atoms with Crippen LogP contribution in [0.5, 0.6) is 0 Å². The summed E-state index contributed by atoms with van der Waals surface area (Å²) in [5.74, 6) is -0.217. The van der Waals surface area contributed by atoms with E-state index in [1.807, 2.05) is 26.0 Å². The molecule has 0 aliphatic heterocycles. The number of carbonyl (C=O) groups excluding carboxylic acids is 2. The largest absolute Gasteiger partial charge is 0.326 e. The molecule has 2 aromatic rings. The monoisotopic (exact) mass is 296 g/mol. The van der Waals surface area contributed by atoms with Gasteiger partial charge in [0.25, 0.3) is 0 Å². The normalized spacial score (nSPS) is 10.1. The molecular weight excluding hydrogens is 276 g/mol. The number of rotatable bonds is 4. The summed E-state index contributed by atoms with van der Waals surface area (Å²) < 4.78 is 0. The summed E-state index contributed by atoms with van der Waals surface area (Å²) in [6, 6.07) is 13.2. The van der Waals surface area contributed by atoms with Crippen molar-refractivity contribution in [1.82, 2.24) is 0 Å². The van der Waals surface area contributed by atoms with Gasteiger partial charge in [0.2, 0.25) is 11.8 Å². The van der Waals surface area contributed by atoms with E-state index in [4.69, 9.17) is 0 Å². The van der Waals surface area contributed by atoms with Crippen LogP contribution in [0.25, 0.3) is 0 Å². The third kappa shape index (κ3) is 4.45. The number of hydrogen-bond donors (Lipinski definition) is 2. The van der Waals surface area contributed by atoms with E-state index < -0.39 is 0 Å². The lowest BCUT2D eigenvalue weighted by molar-refractivity contribution is -0.116. The molecule has 0 heterocycles. The van der Waals surface area contributed by atoms with E-state index in [0.29, 0.717) is 17.8 Å². The third-order valence-electron chi connectivity index (χ3n) is 3.32. The van der Waals surface area contributed by atoms with Crippen LogP contribution in [0, 0.1) is 13.8 Å². The average Bonchev–Trinajstić information content (AvgIpc) is 2.41. The lowest BCUT2D eigenvalue weighted by Crippen LogP contribution is -2.15. The van der Waals surface area contributed by atoms with Crippen molar-refractivity contribution in [2.24, 2.45) is 0 Å². The molecule has 0 saturated heterocycles. The summed E-state index contributed by atoms with van der Waals surface area (Å²) in [5.41, 5.74) is 4.64. The van der Waals surface area contributed by atoms with Gasteiger partial charge >= 0.3 is 0 Å². The molecule has 0 aliphatic carbocycles. The van der Waals surface area contributed by atoms with Gasteiger partial charge in [0, 0.05) is 18.3 Å². The standard InChI is InChI=1S/C18H20N2O2/c1-12-7-8-15(13(2)9-12)10-18(22)20-17-6-4-5-16(11-17)19-14(3)21/h4-9,11H,10H2,1-3H3,(H,19,21)(H,20,22). The number of aryl methyl sites for hydroxylation is 2. The maximum absolute atomic E-state index is 12.2. The fourth-order valence-electron chi connectivity index (χ4n) is 2.30. The van der Waals surface area contributed by atoms with Gasteiger partial charge in [-0.3, -0.25) is 9.59 Å². The van der Waals surface area contributed by atoms with E-state index in [1.54, 1.807) is 24.3 Å². The second-order valence-electron chi connectivity index (χ2n) is 5.42. The molecule has 0 radical (unpaired) electrons. The Hall–Kier alpha value is -2.62. The van der Waals surface area contributed by atoms with Gasteiger partial charge in [-0.2, -0.15) is 0 Å². The first-order valence-electron chi connectivity index (χ1n) is 7.17. The van der Waals surface area contributed by atoms with Crippen molar-refractivity contribution < 1.29 is 9.59 Å². The van der Waals surface area contributed by atoms with Gasteiger partial charge < -0.3 is 10.6 Å². The average molecular weight is 296 g/mol. The predicted octanol–water partition coefficient (Wildman–Crippen LogP) is 3.44. The molecule has 0 atom stereocenters. The SMILES string of the molecule is CC(=O)Nc1cccc(NC(=O)Cc2ccc(C)cc2C)c1. The molecule has 2 aromatic carbocycles. The quantitative estimate of drug-likeness (QED) is 0.908. The minimum absolute atomic E-state index is 0.0769. The van der Waals surface area contributed by atoms with Crippen LogP contribution in [0.1, 0.15) is 23.6 Å². The minimum atomic E-state index is -0.140. The lowest BCUT2D eigenvalue weighted by atomic mass is 10.0. The zero-order valence-corrected chi connectivity index (χ0v) is 13.1. The second-order valence-corrected chi connectivity index (χ2v) is 5.42. The van der Waals surface area contributed by atoms with Crippen LogP contribution in [-0.4, -0.2) is 11.8 Å². The van der Waals surface area contributed by atoms with Crippen LogP contribution in [0.4, 0.5) is 11.4 Å². The van der Waals surface area contributed by atoms with Gasteiger partial charge in [0.1, 0.15) is 0 Å². The van der Waals surface area contributed by atoms with E-state index in [1.165, 1.54) is 12.5 Å². The summed E-state index contributed by atoms with van der Waals surface area (Å²) >= 11 is 0. The Balaban J connectivity index is 2.04. The molecule has 2 rings (SSSR count). The first kappa shape index (κ1) is 15.8. The molecule has 114 valence electrons. The molecule has 0 bridgehead atoms. The van der Waals surface area contributed by atoms with E-state index in [-0.39, 0.29) is 11.8 Å². The molecule has 0 spiro atoms. The van der Waals surface area contributed by atoms with Crippen molar-refractivity contribution in [2.45, 2.75) is 27.2 Å². The third-order valence-corrected chi connectivity index (χ3v) is 3.32. The molecule has 22 heavy (non-hydrogen) atoms. The van der Waals surface area contributed by atoms with E-state index in [9.17, 15) is 9.59 Å². The van der Waals surface area contributed by atoms with Crippen LogP contribution in [0.2, 0.25) is 0 Å². The van der Waals surface area contributed by atoms with Crippen molar-refractivity contribution >= 4 is 23.2 Å². The Morgan fingerprint density at radius 3 is 2.27 bits per heavy atom. The molecule has 0 fully saturated rings. The molecule has 0 aromatic heterocycles. The topological polar surface area (TPSA) is 58.2 Å². The highest BCUT2D eigenvalue weighted by molar-refractivity contribution is 5.94. The summed E-state index contributed by atoms with van der Waals surface area (Å²) in [6.45, 7) is 5.49. The van der Waals surface area contributed by atoms with Gasteiger partial charge in [-0.05, 0) is 43.2 Å². The highest BCUT2D eigenvalue weighted by atomic mass is 16.2. The second kappa shape index (κ2) is 6.89. The van der Waals surface area contributed by atoms with Crippen molar-refractivity contribution in [2.75, 3.05) is 10.6 Å². The number of carbonyl (C=O) groups is 2. The van der Waals surface area contributed by atoms with Gasteiger partial charge in [-0.1, -0.05) is 29.8 Å². The Morgan fingerprint density at radius 2 is 1.64 bits per heavy atom. The van der Waals surface area contributed by atoms with Crippen LogP contribution in [-0.2, 0) is 16.0 Å². The molecule has 4 heteroatoms. The Morgan fingerprint density at radius 1 is 0.955 bits per heavy atom. The molecule has 2 amide bonds. The van der Waals surface area contributed by atoms with Gasteiger partial charge in [-0.25, -0.2) is 0 Å². The highest BCUT2D eigenvalue weighted by Crippen LogP contribution is 2.16. The minimum Gasteiger partial charge on any atom is -0.326 e. The zero-order chi connectivity index (χ0) is 16.1. The van der Waals surface area contributed by atoms with Crippen LogP contribution in [0.3, 0.4) is 0 Å². The van der Waals surface area contributed by atoms with Crippen molar-refractivity contribution in [3.63, 3.8) is 0 Å². The number of hydrogen-bond acceptors (Lipinski definition) is 2. The smallest absolute Gasteiger partial charge is 0.228 e. The fraction of sp³-hybridized carbons (Fsp3) is 0.222. The first-order valence-corrected chi connectivity index (χ1v) is 7.17. The van der Waals surface area contributed by atoms with Crippen LogP contribution in [0.15, 0.2) is 42.5 Å². The molecular formula is C18H20N2O2. The zero-order valence-electron chi connectivity index (χ0n) is 13.1.